The van der Waals surface area contributed by atoms with Crippen LogP contribution in [-0.4, -0.2) is 34.5 Å². The predicted octanol–water partition coefficient (Wildman–Crippen LogP) is 7.58. The third kappa shape index (κ3) is 23.6. The van der Waals surface area contributed by atoms with Crippen molar-refractivity contribution >= 4 is 34.5 Å². The van der Waals surface area contributed by atoms with Gasteiger partial charge in [-0.05, 0) is 0 Å². The maximum atomic E-state index is 2.38. The Morgan fingerprint density at radius 3 is 1.18 bits per heavy atom. The molecular weight excluding hydrogens is 292 g/mol. The molecule has 0 saturated carbocycles. The molecule has 0 N–H and O–H groups in total. The smallest absolute Gasteiger partial charge is 0.146 e. The lowest BCUT2D eigenvalue weighted by Gasteiger charge is -2.17. The van der Waals surface area contributed by atoms with Crippen molar-refractivity contribution in [3.8, 4) is 0 Å². The van der Waals surface area contributed by atoms with Crippen LogP contribution in [0.4, 0.5) is 0 Å². The van der Waals surface area contributed by atoms with Gasteiger partial charge in [0.1, 0.15) is 0 Å². The van der Waals surface area contributed by atoms with Crippen molar-refractivity contribution in [2.24, 2.45) is 17.8 Å². The molecule has 0 spiro atoms. The molecule has 0 heterocycles. The van der Waals surface area contributed by atoms with Crippen LogP contribution in [0, 0.1) is 17.8 Å². The molecule has 0 rings (SSSR count). The van der Waals surface area contributed by atoms with Crippen LogP contribution in [0.3, 0.4) is 0 Å². The molecule has 0 aliphatic carbocycles. The maximum Gasteiger partial charge on any atom is 0.364 e. The van der Waals surface area contributed by atoms with E-state index in [1.54, 1.807) is 24.9 Å². The normalized spacial score (nSPS) is 10.7. The fourth-order valence-electron chi connectivity index (χ4n) is 3.32. The first-order chi connectivity index (χ1) is 10.3. The van der Waals surface area contributed by atoms with E-state index in [1.807, 2.05) is 0 Å². The fourth-order valence-corrected chi connectivity index (χ4v) is 9.96. The van der Waals surface area contributed by atoms with E-state index in [2.05, 4.69) is 55.4 Å². The second kappa shape index (κ2) is 18.6. The Kier molecular flexibility index (Phi) is 21.6. The van der Waals surface area contributed by atoms with Crippen molar-refractivity contribution in [2.75, 3.05) is 0 Å². The summed E-state index contributed by atoms with van der Waals surface area (Å²) < 4.78 is 3.19. The summed E-state index contributed by atoms with van der Waals surface area (Å²) in [6, 6.07) is 0. The Hall–Kier alpha value is 1.30. The highest BCUT2D eigenvalue weighted by Gasteiger charge is 2.20. The van der Waals surface area contributed by atoms with Gasteiger partial charge in [-0.25, -0.2) is 0 Å². The van der Waals surface area contributed by atoms with E-state index in [9.17, 15) is 0 Å². The summed E-state index contributed by atoms with van der Waals surface area (Å²) in [7, 11) is 0. The Balaban J connectivity index is 0. The van der Waals surface area contributed by atoms with Crippen LogP contribution in [0.15, 0.2) is 0 Å². The first-order valence-corrected chi connectivity index (χ1v) is 14.8. The van der Waals surface area contributed by atoms with Crippen LogP contribution >= 0.6 is 0 Å². The van der Waals surface area contributed by atoms with Crippen molar-refractivity contribution in [1.29, 1.82) is 0 Å². The Morgan fingerprint density at radius 1 is 0.636 bits per heavy atom. The molecule has 0 aromatic heterocycles. The lowest BCUT2D eigenvalue weighted by atomic mass is 10.2. The number of rotatable bonds is 12. The summed E-state index contributed by atoms with van der Waals surface area (Å²) in [5.74, 6) is 2.78. The summed E-state index contributed by atoms with van der Waals surface area (Å²) >= 11 is -0.0181. The SMILES string of the molecule is CC(C)[CH2][Al]([CH2]C(C)C)[CH2]C(C)C.CCC[CH2][Mg][CH2]CCC. The Labute approximate surface area is 157 Å². The van der Waals surface area contributed by atoms with Gasteiger partial charge in [-0.15, -0.1) is 9.10 Å². The van der Waals surface area contributed by atoms with E-state index in [-0.39, 0.29) is 0 Å². The van der Waals surface area contributed by atoms with Gasteiger partial charge in [-0.2, -0.15) is 0 Å². The van der Waals surface area contributed by atoms with Crippen molar-refractivity contribution < 1.29 is 0 Å². The quantitative estimate of drug-likeness (QED) is 0.254. The third-order valence-corrected chi connectivity index (χ3v) is 10.9. The zero-order chi connectivity index (χ0) is 17.4. The van der Waals surface area contributed by atoms with Gasteiger partial charge in [0.15, 0.2) is 0 Å². The van der Waals surface area contributed by atoms with Crippen molar-refractivity contribution in [2.45, 2.75) is 106 Å². The zero-order valence-electron chi connectivity index (χ0n) is 17.4. The lowest BCUT2D eigenvalue weighted by Crippen LogP contribution is -2.19. The van der Waals surface area contributed by atoms with E-state index in [0.29, 0.717) is 20.4 Å². The molecule has 0 aliphatic heterocycles. The molecule has 0 fully saturated rings. The average Bonchev–Trinajstić information content (AvgIpc) is 2.37. The molecule has 130 valence electrons. The van der Waals surface area contributed by atoms with Gasteiger partial charge in [-0.3, -0.25) is 0 Å². The first-order valence-electron chi connectivity index (χ1n) is 10.3. The van der Waals surface area contributed by atoms with Crippen LogP contribution < -0.4 is 0 Å². The minimum atomic E-state index is -0.407. The highest BCUT2D eigenvalue weighted by Crippen LogP contribution is 2.21. The van der Waals surface area contributed by atoms with Crippen LogP contribution in [-0.2, 0) is 0 Å². The van der Waals surface area contributed by atoms with E-state index in [0.717, 1.165) is 17.8 Å². The second-order valence-corrected chi connectivity index (χ2v) is 13.8. The van der Waals surface area contributed by atoms with Gasteiger partial charge in [0.25, 0.3) is 14.1 Å². The predicted molar refractivity (Wildman–Crippen MR) is 110 cm³/mol. The highest BCUT2D eigenvalue weighted by molar-refractivity contribution is 6.58. The Bertz CT molecular complexity index is 172. The number of hydrogen-bond donors (Lipinski definition) is 0. The largest absolute Gasteiger partial charge is 0.364 e. The average molecular weight is 337 g/mol. The van der Waals surface area contributed by atoms with Crippen molar-refractivity contribution in [1.82, 2.24) is 0 Å². The molecule has 0 bridgehead atoms. The molecular formula is C20H45AlMg. The van der Waals surface area contributed by atoms with Gasteiger partial charge in [-0.1, -0.05) is 115 Å². The first kappa shape index (κ1) is 25.5. The molecule has 0 aliphatic rings. The monoisotopic (exact) mass is 336 g/mol. The van der Waals surface area contributed by atoms with Crippen LogP contribution in [0.2, 0.25) is 24.9 Å². The fraction of sp³-hybridized carbons (Fsp3) is 1.00. The van der Waals surface area contributed by atoms with E-state index >= 15 is 0 Å². The van der Waals surface area contributed by atoms with E-state index in [4.69, 9.17) is 0 Å². The molecule has 0 aromatic carbocycles. The van der Waals surface area contributed by atoms with Gasteiger partial charge in [0.05, 0.1) is 0 Å². The summed E-state index contributed by atoms with van der Waals surface area (Å²) in [4.78, 5) is 0. The summed E-state index contributed by atoms with van der Waals surface area (Å²) in [5.41, 5.74) is 0. The molecule has 0 saturated heterocycles. The van der Waals surface area contributed by atoms with Crippen molar-refractivity contribution in [3.63, 3.8) is 0 Å². The topological polar surface area (TPSA) is 0 Å². The van der Waals surface area contributed by atoms with E-state index in [1.165, 1.54) is 25.7 Å². The summed E-state index contributed by atoms with van der Waals surface area (Å²) in [5, 5.41) is 4.66. The van der Waals surface area contributed by atoms with Gasteiger partial charge < -0.3 is 0 Å². The maximum absolute atomic E-state index is 2.38. The van der Waals surface area contributed by atoms with E-state index < -0.39 is 14.1 Å². The molecule has 2 heteroatoms. The second-order valence-electron chi connectivity index (χ2n) is 8.52. The molecule has 0 aromatic rings. The van der Waals surface area contributed by atoms with Gasteiger partial charge in [0.2, 0.25) is 0 Å². The molecule has 0 amide bonds. The standard InChI is InChI=1S/5C4H9.Al.Mg/c3*1-4(2)3;2*1-3-4-2;;/h3*4H,1H2,2-3H3;2*1,3-4H2,2H3;;. The number of unbranched alkanes of at least 4 members (excludes halogenated alkanes) is 2. The van der Waals surface area contributed by atoms with Crippen molar-refractivity contribution in [3.05, 3.63) is 0 Å². The van der Waals surface area contributed by atoms with Crippen LogP contribution in [0.25, 0.3) is 0 Å². The minimum absolute atomic E-state index is 0.389. The zero-order valence-corrected chi connectivity index (χ0v) is 19.9. The molecule has 0 unspecified atom stereocenters. The van der Waals surface area contributed by atoms with Gasteiger partial charge >= 0.3 is 20.4 Å². The molecule has 22 heavy (non-hydrogen) atoms. The molecule has 0 atom stereocenters. The summed E-state index contributed by atoms with van der Waals surface area (Å²) in [6.07, 6.45) is 5.80. The molecule has 0 nitrogen and oxygen atoms in total. The highest BCUT2D eigenvalue weighted by atomic mass is 27.2. The summed E-state index contributed by atoms with van der Waals surface area (Å²) in [6.45, 7) is 18.8. The van der Waals surface area contributed by atoms with Gasteiger partial charge in [0, 0.05) is 0 Å². The molecule has 0 radical (unpaired) electrons. The van der Waals surface area contributed by atoms with Crippen LogP contribution in [0.5, 0.6) is 0 Å². The Morgan fingerprint density at radius 2 is 0.955 bits per heavy atom. The lowest BCUT2D eigenvalue weighted by molar-refractivity contribution is 0.659. The van der Waals surface area contributed by atoms with Crippen LogP contribution in [0.1, 0.15) is 81.1 Å². The third-order valence-electron chi connectivity index (χ3n) is 4.12. The number of hydrogen-bond acceptors (Lipinski definition) is 0. The minimum Gasteiger partial charge on any atom is -0.146 e.